The van der Waals surface area contributed by atoms with E-state index >= 15 is 0 Å². The van der Waals surface area contributed by atoms with Crippen LogP contribution in [0.2, 0.25) is 0 Å². The average Bonchev–Trinajstić information content (AvgIpc) is 1.98. The second-order valence-corrected chi connectivity index (χ2v) is 3.10. The molecule has 0 radical (unpaired) electrons. The van der Waals surface area contributed by atoms with Crippen LogP contribution in [0.25, 0.3) is 4.98 Å². The number of rotatable bonds is 0. The Morgan fingerprint density at radius 3 is 2.82 bits per heavy atom. The van der Waals surface area contributed by atoms with E-state index in [1.165, 1.54) is 0 Å². The topological polar surface area (TPSA) is 54.2 Å². The van der Waals surface area contributed by atoms with Gasteiger partial charge in [-0.15, -0.1) is 0 Å². The van der Waals surface area contributed by atoms with Crippen molar-refractivity contribution in [1.29, 1.82) is 5.39 Å². The van der Waals surface area contributed by atoms with Gasteiger partial charge in [-0.05, 0) is 6.92 Å². The lowest BCUT2D eigenvalue weighted by Gasteiger charge is -2.15. The molecular formula is C8H12N3+. The standard InChI is InChI=1S/C8H12N3/c1-6-3-4-8(2,11-10)7(9)5-6/h3-5,7H,9H2,1-2H3/q+1. The van der Waals surface area contributed by atoms with Crippen LogP contribution in [0.4, 0.5) is 0 Å². The van der Waals surface area contributed by atoms with Crippen LogP contribution in [0.5, 0.6) is 0 Å². The molecule has 0 aromatic carbocycles. The summed E-state index contributed by atoms with van der Waals surface area (Å²) < 4.78 is 0. The first-order chi connectivity index (χ1) is 5.08. The van der Waals surface area contributed by atoms with Crippen molar-refractivity contribution < 1.29 is 0 Å². The fourth-order valence-electron chi connectivity index (χ4n) is 1.02. The Bertz CT molecular complexity index is 259. The summed E-state index contributed by atoms with van der Waals surface area (Å²) in [6.45, 7) is 3.75. The molecule has 0 aromatic rings. The summed E-state index contributed by atoms with van der Waals surface area (Å²) in [6.07, 6.45) is 5.61. The molecule has 0 aromatic heterocycles. The summed E-state index contributed by atoms with van der Waals surface area (Å²) >= 11 is 0. The summed E-state index contributed by atoms with van der Waals surface area (Å²) in [4.78, 5) is 3.24. The Morgan fingerprint density at radius 1 is 1.73 bits per heavy atom. The van der Waals surface area contributed by atoms with Crippen molar-refractivity contribution in [2.24, 2.45) is 5.73 Å². The Kier molecular flexibility index (Phi) is 1.79. The number of nitrogens with zero attached hydrogens (tertiary/aromatic N) is 2. The average molecular weight is 150 g/mol. The molecule has 0 aliphatic heterocycles. The van der Waals surface area contributed by atoms with E-state index < -0.39 is 5.54 Å². The van der Waals surface area contributed by atoms with E-state index in [1.807, 2.05) is 25.2 Å². The van der Waals surface area contributed by atoms with Gasteiger partial charge < -0.3 is 5.73 Å². The fraction of sp³-hybridized carbons (Fsp3) is 0.500. The zero-order valence-electron chi connectivity index (χ0n) is 6.78. The molecule has 0 amide bonds. The van der Waals surface area contributed by atoms with Gasteiger partial charge in [0.1, 0.15) is 11.0 Å². The zero-order valence-corrected chi connectivity index (χ0v) is 6.78. The van der Waals surface area contributed by atoms with Crippen molar-refractivity contribution in [2.75, 3.05) is 0 Å². The Balaban J connectivity index is 2.95. The largest absolute Gasteiger partial charge is 0.356 e. The smallest absolute Gasteiger partial charge is 0.317 e. The maximum absolute atomic E-state index is 8.67. The molecule has 0 fully saturated rings. The van der Waals surface area contributed by atoms with E-state index in [-0.39, 0.29) is 6.04 Å². The highest BCUT2D eigenvalue weighted by atomic mass is 15.0. The van der Waals surface area contributed by atoms with Gasteiger partial charge >= 0.3 is 5.54 Å². The Labute approximate surface area is 66.2 Å². The van der Waals surface area contributed by atoms with Crippen LogP contribution < -0.4 is 5.73 Å². The first-order valence-electron chi connectivity index (χ1n) is 3.58. The van der Waals surface area contributed by atoms with Gasteiger partial charge in [0.05, 0.1) is 0 Å². The van der Waals surface area contributed by atoms with Crippen molar-refractivity contribution in [3.63, 3.8) is 0 Å². The third-order valence-electron chi connectivity index (χ3n) is 2.02. The first-order valence-corrected chi connectivity index (χ1v) is 3.58. The third kappa shape index (κ3) is 1.31. The highest BCUT2D eigenvalue weighted by Gasteiger charge is 2.42. The van der Waals surface area contributed by atoms with Crippen LogP contribution >= 0.6 is 0 Å². The van der Waals surface area contributed by atoms with Crippen LogP contribution in [0, 0.1) is 5.39 Å². The van der Waals surface area contributed by atoms with Crippen molar-refractivity contribution >= 4 is 0 Å². The Hall–Kier alpha value is -1.14. The molecule has 11 heavy (non-hydrogen) atoms. The quantitative estimate of drug-likeness (QED) is 0.531. The Morgan fingerprint density at radius 2 is 2.36 bits per heavy atom. The molecule has 1 aliphatic rings. The molecule has 0 bridgehead atoms. The normalized spacial score (nSPS) is 36.2. The van der Waals surface area contributed by atoms with Crippen LogP contribution in [0.3, 0.4) is 0 Å². The van der Waals surface area contributed by atoms with Crippen LogP contribution in [0.15, 0.2) is 23.8 Å². The first kappa shape index (κ1) is 7.96. The maximum Gasteiger partial charge on any atom is 0.356 e. The molecule has 1 rings (SSSR count). The lowest BCUT2D eigenvalue weighted by molar-refractivity contribution is 0.581. The molecule has 0 saturated carbocycles. The van der Waals surface area contributed by atoms with Crippen molar-refractivity contribution in [3.05, 3.63) is 28.8 Å². The SMILES string of the molecule is CC1=CC(N)C(C)([N+]#N)C=C1. The molecule has 2 atom stereocenters. The third-order valence-corrected chi connectivity index (χ3v) is 2.02. The van der Waals surface area contributed by atoms with Gasteiger partial charge in [-0.1, -0.05) is 17.7 Å². The molecule has 3 nitrogen and oxygen atoms in total. The van der Waals surface area contributed by atoms with Crippen molar-refractivity contribution in [3.8, 4) is 0 Å². The molecule has 0 heterocycles. The second-order valence-electron chi connectivity index (χ2n) is 3.10. The van der Waals surface area contributed by atoms with Gasteiger partial charge in [0.25, 0.3) is 0 Å². The van der Waals surface area contributed by atoms with Gasteiger partial charge in [-0.3, -0.25) is 0 Å². The minimum absolute atomic E-state index is 0.225. The summed E-state index contributed by atoms with van der Waals surface area (Å²) in [5.74, 6) is 0. The lowest BCUT2D eigenvalue weighted by Crippen LogP contribution is -2.41. The monoisotopic (exact) mass is 150 g/mol. The van der Waals surface area contributed by atoms with Crippen LogP contribution in [-0.4, -0.2) is 11.6 Å². The van der Waals surface area contributed by atoms with Crippen LogP contribution in [-0.2, 0) is 0 Å². The zero-order chi connectivity index (χ0) is 8.48. The molecule has 58 valence electrons. The molecule has 3 heteroatoms. The molecular weight excluding hydrogens is 138 g/mol. The lowest BCUT2D eigenvalue weighted by atomic mass is 9.87. The number of diazo groups is 1. The van der Waals surface area contributed by atoms with E-state index in [9.17, 15) is 0 Å². The van der Waals surface area contributed by atoms with Crippen LogP contribution in [0.1, 0.15) is 13.8 Å². The minimum atomic E-state index is -0.639. The summed E-state index contributed by atoms with van der Waals surface area (Å²) in [5, 5.41) is 8.67. The van der Waals surface area contributed by atoms with E-state index in [2.05, 4.69) is 4.98 Å². The van der Waals surface area contributed by atoms with E-state index in [4.69, 9.17) is 11.1 Å². The summed E-state index contributed by atoms with van der Waals surface area (Å²) in [6, 6.07) is -0.225. The predicted molar refractivity (Wildman–Crippen MR) is 44.4 cm³/mol. The minimum Gasteiger partial charge on any atom is -0.317 e. The molecule has 0 spiro atoms. The van der Waals surface area contributed by atoms with Gasteiger partial charge in [0.15, 0.2) is 0 Å². The van der Waals surface area contributed by atoms with E-state index in [0.29, 0.717) is 0 Å². The molecule has 0 saturated heterocycles. The van der Waals surface area contributed by atoms with Gasteiger partial charge in [-0.2, -0.15) is 0 Å². The molecule has 1 aliphatic carbocycles. The number of nitrogens with two attached hydrogens (primary N) is 1. The van der Waals surface area contributed by atoms with Crippen molar-refractivity contribution in [2.45, 2.75) is 25.4 Å². The highest BCUT2D eigenvalue weighted by Crippen LogP contribution is 2.23. The second kappa shape index (κ2) is 2.48. The summed E-state index contributed by atoms with van der Waals surface area (Å²) in [5.41, 5.74) is 6.20. The van der Waals surface area contributed by atoms with Gasteiger partial charge in [0, 0.05) is 13.0 Å². The van der Waals surface area contributed by atoms with E-state index in [1.54, 1.807) is 6.92 Å². The summed E-state index contributed by atoms with van der Waals surface area (Å²) in [7, 11) is 0. The van der Waals surface area contributed by atoms with Gasteiger partial charge in [0.2, 0.25) is 5.39 Å². The maximum atomic E-state index is 8.67. The fourth-order valence-corrected chi connectivity index (χ4v) is 1.02. The van der Waals surface area contributed by atoms with Gasteiger partial charge in [-0.25, -0.2) is 0 Å². The predicted octanol–water partition coefficient (Wildman–Crippen LogP) is 1.44. The molecule has 2 unspecified atom stereocenters. The van der Waals surface area contributed by atoms with Crippen molar-refractivity contribution in [1.82, 2.24) is 0 Å². The van der Waals surface area contributed by atoms with E-state index in [0.717, 1.165) is 5.57 Å². The number of hydrogen-bond donors (Lipinski definition) is 1. The number of hydrogen-bond acceptors (Lipinski definition) is 2. The highest BCUT2D eigenvalue weighted by molar-refractivity contribution is 5.34. The number of allylic oxidation sites excluding steroid dienone is 2. The molecule has 2 N–H and O–H groups in total.